The Morgan fingerprint density at radius 3 is 2.54 bits per heavy atom. The van der Waals surface area contributed by atoms with Crippen molar-refractivity contribution in [3.8, 4) is 11.3 Å². The van der Waals surface area contributed by atoms with Gasteiger partial charge >= 0.3 is 0 Å². The Kier molecular flexibility index (Phi) is 8.58. The maximum Gasteiger partial charge on any atom is 0.239 e. The van der Waals surface area contributed by atoms with Gasteiger partial charge in [0.1, 0.15) is 0 Å². The SMILES string of the molecule is CCC(Sc1cccc(NC(=O)Cc2ccccc2)c1)C(=O)Nc1nc(-c2ccccc2Cl)cs1. The number of hydrogen-bond donors (Lipinski definition) is 2. The molecule has 35 heavy (non-hydrogen) atoms. The number of thiazole rings is 1. The smallest absolute Gasteiger partial charge is 0.239 e. The molecule has 0 bridgehead atoms. The summed E-state index contributed by atoms with van der Waals surface area (Å²) < 4.78 is 0. The molecule has 8 heteroatoms. The summed E-state index contributed by atoms with van der Waals surface area (Å²) >= 11 is 9.10. The molecule has 1 unspecified atom stereocenters. The van der Waals surface area contributed by atoms with Gasteiger partial charge in [-0.15, -0.1) is 23.1 Å². The Hall–Kier alpha value is -3.13. The molecule has 3 aromatic carbocycles. The molecule has 0 saturated carbocycles. The van der Waals surface area contributed by atoms with E-state index in [1.165, 1.54) is 23.1 Å². The normalized spacial score (nSPS) is 11.6. The third-order valence-corrected chi connectivity index (χ3v) is 7.60. The van der Waals surface area contributed by atoms with E-state index in [9.17, 15) is 9.59 Å². The van der Waals surface area contributed by atoms with Gasteiger partial charge in [0.05, 0.1) is 17.4 Å². The van der Waals surface area contributed by atoms with Crippen molar-refractivity contribution in [2.75, 3.05) is 10.6 Å². The highest BCUT2D eigenvalue weighted by Gasteiger charge is 2.20. The van der Waals surface area contributed by atoms with Gasteiger partial charge < -0.3 is 10.6 Å². The third-order valence-electron chi connectivity index (χ3n) is 5.15. The summed E-state index contributed by atoms with van der Waals surface area (Å²) in [6.07, 6.45) is 0.950. The van der Waals surface area contributed by atoms with Crippen LogP contribution in [0.2, 0.25) is 5.02 Å². The van der Waals surface area contributed by atoms with Crippen LogP contribution in [0.15, 0.2) is 89.1 Å². The lowest BCUT2D eigenvalue weighted by atomic mass is 10.1. The van der Waals surface area contributed by atoms with E-state index < -0.39 is 0 Å². The zero-order valence-electron chi connectivity index (χ0n) is 19.0. The number of nitrogens with one attached hydrogen (secondary N) is 2. The Labute approximate surface area is 218 Å². The van der Waals surface area contributed by atoms with Crippen LogP contribution in [0, 0.1) is 0 Å². The van der Waals surface area contributed by atoms with E-state index in [-0.39, 0.29) is 17.1 Å². The molecule has 0 fully saturated rings. The summed E-state index contributed by atoms with van der Waals surface area (Å²) in [5.74, 6) is -0.197. The molecule has 2 amide bonds. The lowest BCUT2D eigenvalue weighted by molar-refractivity contribution is -0.116. The minimum atomic E-state index is -0.307. The van der Waals surface area contributed by atoms with Gasteiger partial charge in [0.2, 0.25) is 11.8 Å². The van der Waals surface area contributed by atoms with Crippen molar-refractivity contribution in [3.63, 3.8) is 0 Å². The lowest BCUT2D eigenvalue weighted by Crippen LogP contribution is -2.24. The van der Waals surface area contributed by atoms with Crippen LogP contribution >= 0.6 is 34.7 Å². The molecule has 178 valence electrons. The number of aromatic nitrogens is 1. The first-order valence-corrected chi connectivity index (χ1v) is 13.3. The molecule has 0 spiro atoms. The first-order valence-electron chi connectivity index (χ1n) is 11.1. The number of carbonyl (C=O) groups is 2. The first kappa shape index (κ1) is 25.0. The average molecular weight is 522 g/mol. The average Bonchev–Trinajstić information content (AvgIpc) is 3.31. The molecule has 1 atom stereocenters. The first-order chi connectivity index (χ1) is 17.0. The molecule has 4 rings (SSSR count). The largest absolute Gasteiger partial charge is 0.326 e. The van der Waals surface area contributed by atoms with Crippen LogP contribution in [0.25, 0.3) is 11.3 Å². The zero-order chi connectivity index (χ0) is 24.6. The fourth-order valence-corrected chi connectivity index (χ4v) is 5.39. The van der Waals surface area contributed by atoms with Gasteiger partial charge in [-0.25, -0.2) is 4.98 Å². The molecule has 0 aliphatic rings. The second-order valence-corrected chi connectivity index (χ2v) is 10.3. The van der Waals surface area contributed by atoms with Crippen molar-refractivity contribution in [3.05, 3.63) is 94.8 Å². The fourth-order valence-electron chi connectivity index (χ4n) is 3.43. The predicted molar refractivity (Wildman–Crippen MR) is 146 cm³/mol. The topological polar surface area (TPSA) is 71.1 Å². The van der Waals surface area contributed by atoms with Gasteiger partial charge in [0, 0.05) is 26.5 Å². The van der Waals surface area contributed by atoms with E-state index in [0.29, 0.717) is 28.7 Å². The molecule has 5 nitrogen and oxygen atoms in total. The number of amides is 2. The van der Waals surface area contributed by atoms with Crippen molar-refractivity contribution >= 4 is 57.3 Å². The van der Waals surface area contributed by atoms with E-state index in [1.54, 1.807) is 0 Å². The van der Waals surface area contributed by atoms with Gasteiger partial charge in [-0.3, -0.25) is 9.59 Å². The number of hydrogen-bond acceptors (Lipinski definition) is 5. The van der Waals surface area contributed by atoms with Crippen molar-refractivity contribution < 1.29 is 9.59 Å². The Morgan fingerprint density at radius 2 is 1.77 bits per heavy atom. The molecule has 0 radical (unpaired) electrons. The van der Waals surface area contributed by atoms with E-state index >= 15 is 0 Å². The number of carbonyl (C=O) groups excluding carboxylic acids is 2. The molecule has 2 N–H and O–H groups in total. The highest BCUT2D eigenvalue weighted by atomic mass is 35.5. The minimum absolute atomic E-state index is 0.0822. The molecular weight excluding hydrogens is 498 g/mol. The van der Waals surface area contributed by atoms with Gasteiger partial charge in [-0.2, -0.15) is 0 Å². The molecule has 4 aromatic rings. The molecule has 1 aromatic heterocycles. The molecule has 0 saturated heterocycles. The standard InChI is InChI=1S/C27H24ClN3O2S2/c1-2-24(26(33)31-27-30-23(17-34-27)21-13-6-7-14-22(21)28)35-20-12-8-11-19(16-20)29-25(32)15-18-9-4-3-5-10-18/h3-14,16-17,24H,2,15H2,1H3,(H,29,32)(H,30,31,33). The number of thioether (sulfide) groups is 1. The van der Waals surface area contributed by atoms with Crippen LogP contribution in [-0.4, -0.2) is 22.0 Å². The quantitative estimate of drug-likeness (QED) is 0.229. The van der Waals surface area contributed by atoms with Crippen LogP contribution in [0.1, 0.15) is 18.9 Å². The second-order valence-electron chi connectivity index (χ2n) is 7.76. The summed E-state index contributed by atoms with van der Waals surface area (Å²) in [5.41, 5.74) is 3.22. The van der Waals surface area contributed by atoms with Crippen LogP contribution in [0.5, 0.6) is 0 Å². The van der Waals surface area contributed by atoms with Crippen LogP contribution < -0.4 is 10.6 Å². The van der Waals surface area contributed by atoms with Crippen molar-refractivity contribution in [1.29, 1.82) is 0 Å². The number of rotatable bonds is 9. The van der Waals surface area contributed by atoms with Crippen molar-refractivity contribution in [2.24, 2.45) is 0 Å². The summed E-state index contributed by atoms with van der Waals surface area (Å²) in [6.45, 7) is 1.97. The Balaban J connectivity index is 1.37. The van der Waals surface area contributed by atoms with Gasteiger partial charge in [-0.05, 0) is 36.2 Å². The van der Waals surface area contributed by atoms with Crippen molar-refractivity contribution in [1.82, 2.24) is 4.98 Å². The van der Waals surface area contributed by atoms with Gasteiger partial charge in [0.15, 0.2) is 5.13 Å². The van der Waals surface area contributed by atoms with E-state index in [0.717, 1.165) is 21.7 Å². The fraction of sp³-hybridized carbons (Fsp3) is 0.148. The molecule has 1 heterocycles. The monoisotopic (exact) mass is 521 g/mol. The lowest BCUT2D eigenvalue weighted by Gasteiger charge is -2.14. The zero-order valence-corrected chi connectivity index (χ0v) is 21.4. The van der Waals surface area contributed by atoms with Gasteiger partial charge in [0.25, 0.3) is 0 Å². The Morgan fingerprint density at radius 1 is 1.00 bits per heavy atom. The van der Waals surface area contributed by atoms with Crippen LogP contribution in [0.3, 0.4) is 0 Å². The number of anilines is 2. The predicted octanol–water partition coefficient (Wildman–Crippen LogP) is 7.15. The minimum Gasteiger partial charge on any atom is -0.326 e. The van der Waals surface area contributed by atoms with E-state index in [4.69, 9.17) is 11.6 Å². The summed E-state index contributed by atoms with van der Waals surface area (Å²) in [5, 5.41) is 8.60. The summed E-state index contributed by atoms with van der Waals surface area (Å²) in [6, 6.07) is 24.7. The van der Waals surface area contributed by atoms with Crippen LogP contribution in [-0.2, 0) is 16.0 Å². The van der Waals surface area contributed by atoms with Gasteiger partial charge in [-0.1, -0.05) is 73.1 Å². The molecule has 0 aliphatic carbocycles. The Bertz CT molecular complexity index is 1310. The molecule has 0 aliphatic heterocycles. The van der Waals surface area contributed by atoms with E-state index in [1.807, 2.05) is 91.2 Å². The second kappa shape index (κ2) is 12.0. The van der Waals surface area contributed by atoms with Crippen LogP contribution in [0.4, 0.5) is 10.8 Å². The molecular formula is C27H24ClN3O2S2. The number of halogens is 1. The third kappa shape index (κ3) is 6.94. The number of nitrogens with zero attached hydrogens (tertiary/aromatic N) is 1. The highest BCUT2D eigenvalue weighted by Crippen LogP contribution is 2.32. The maximum absolute atomic E-state index is 13.0. The van der Waals surface area contributed by atoms with E-state index in [2.05, 4.69) is 15.6 Å². The van der Waals surface area contributed by atoms with Crippen molar-refractivity contribution in [2.45, 2.75) is 29.9 Å². The summed E-state index contributed by atoms with van der Waals surface area (Å²) in [4.78, 5) is 30.8. The number of benzene rings is 3. The summed E-state index contributed by atoms with van der Waals surface area (Å²) in [7, 11) is 0. The highest BCUT2D eigenvalue weighted by molar-refractivity contribution is 8.00. The maximum atomic E-state index is 13.0.